The van der Waals surface area contributed by atoms with Crippen LogP contribution in [-0.2, 0) is 0 Å². The molecule has 60 heavy (non-hydrogen) atoms. The van der Waals surface area contributed by atoms with Gasteiger partial charge in [-0.2, -0.15) is 0 Å². The molecular weight excluding hydrogens is 723 g/mol. The molecule has 1 heterocycles. The van der Waals surface area contributed by atoms with E-state index in [0.29, 0.717) is 0 Å². The fourth-order valence-corrected chi connectivity index (χ4v) is 9.25. The lowest BCUT2D eigenvalue weighted by atomic mass is 9.83. The maximum atomic E-state index is 2.43. The van der Waals surface area contributed by atoms with Crippen molar-refractivity contribution in [3.8, 4) is 50.2 Å². The van der Waals surface area contributed by atoms with E-state index in [1.807, 2.05) is 0 Å². The molecule has 0 aliphatic carbocycles. The van der Waals surface area contributed by atoms with Crippen molar-refractivity contribution in [3.05, 3.63) is 259 Å². The van der Waals surface area contributed by atoms with Gasteiger partial charge in [0.25, 0.3) is 0 Å². The van der Waals surface area contributed by atoms with Gasteiger partial charge >= 0.3 is 0 Å². The Morgan fingerprint density at radius 2 is 0.783 bits per heavy atom. The first-order valence-corrected chi connectivity index (χ1v) is 20.8. The molecule has 0 unspecified atom stereocenters. The molecule has 0 aliphatic heterocycles. The summed E-state index contributed by atoms with van der Waals surface area (Å²) in [6.07, 6.45) is 0. The molecule has 11 rings (SSSR count). The molecule has 0 radical (unpaired) electrons. The van der Waals surface area contributed by atoms with Crippen LogP contribution in [-0.4, -0.2) is 4.57 Å². The summed E-state index contributed by atoms with van der Waals surface area (Å²) < 4.78 is 2.43. The Labute approximate surface area is 351 Å². The summed E-state index contributed by atoms with van der Waals surface area (Å²) in [5.41, 5.74) is 17.1. The minimum Gasteiger partial charge on any atom is -0.309 e. The van der Waals surface area contributed by atoms with E-state index >= 15 is 0 Å². The van der Waals surface area contributed by atoms with Gasteiger partial charge in [-0.15, -0.1) is 0 Å². The Bertz CT molecular complexity index is 3170. The molecular formula is C59H41N. The number of hydrogen-bond acceptors (Lipinski definition) is 0. The molecule has 0 N–H and O–H groups in total. The van der Waals surface area contributed by atoms with E-state index in [9.17, 15) is 0 Å². The van der Waals surface area contributed by atoms with Gasteiger partial charge in [-0.1, -0.05) is 218 Å². The van der Waals surface area contributed by atoms with Crippen LogP contribution in [0.1, 0.15) is 22.6 Å². The minimum absolute atomic E-state index is 0.0621. The summed E-state index contributed by atoms with van der Waals surface area (Å²) in [6.45, 7) is 0. The normalized spacial score (nSPS) is 11.5. The van der Waals surface area contributed by atoms with Crippen LogP contribution in [0.5, 0.6) is 0 Å². The van der Waals surface area contributed by atoms with Crippen LogP contribution >= 0.6 is 0 Å². The third-order valence-electron chi connectivity index (χ3n) is 12.1. The Morgan fingerprint density at radius 1 is 0.283 bits per heavy atom. The van der Waals surface area contributed by atoms with Crippen molar-refractivity contribution in [2.24, 2.45) is 0 Å². The summed E-state index contributed by atoms with van der Waals surface area (Å²) in [6, 6.07) is 88.6. The van der Waals surface area contributed by atoms with Crippen molar-refractivity contribution in [2.45, 2.75) is 5.92 Å². The second kappa shape index (κ2) is 15.2. The molecule has 0 saturated heterocycles. The first-order chi connectivity index (χ1) is 29.8. The first kappa shape index (κ1) is 35.4. The zero-order chi connectivity index (χ0) is 39.8. The van der Waals surface area contributed by atoms with Crippen molar-refractivity contribution in [2.75, 3.05) is 0 Å². The van der Waals surface area contributed by atoms with E-state index in [-0.39, 0.29) is 5.92 Å². The lowest BCUT2D eigenvalue weighted by Gasteiger charge is -2.21. The van der Waals surface area contributed by atoms with Gasteiger partial charge in [0.05, 0.1) is 11.0 Å². The summed E-state index contributed by atoms with van der Waals surface area (Å²) in [4.78, 5) is 0. The Hall–Kier alpha value is -7.74. The van der Waals surface area contributed by atoms with E-state index < -0.39 is 0 Å². The van der Waals surface area contributed by atoms with E-state index in [1.54, 1.807) is 0 Å². The molecule has 1 aromatic heterocycles. The predicted molar refractivity (Wildman–Crippen MR) is 254 cm³/mol. The molecule has 11 aromatic rings. The van der Waals surface area contributed by atoms with Crippen LogP contribution in [0.4, 0.5) is 0 Å². The molecule has 0 bridgehead atoms. The molecule has 0 amide bonds. The van der Waals surface area contributed by atoms with Crippen molar-refractivity contribution >= 4 is 32.6 Å². The lowest BCUT2D eigenvalue weighted by Crippen LogP contribution is -2.04. The predicted octanol–water partition coefficient (Wildman–Crippen LogP) is 15.8. The van der Waals surface area contributed by atoms with Crippen LogP contribution in [0.2, 0.25) is 0 Å². The summed E-state index contributed by atoms with van der Waals surface area (Å²) in [7, 11) is 0. The largest absolute Gasteiger partial charge is 0.309 e. The summed E-state index contributed by atoms with van der Waals surface area (Å²) in [5.74, 6) is 0.0621. The second-order valence-corrected chi connectivity index (χ2v) is 15.7. The van der Waals surface area contributed by atoms with Gasteiger partial charge in [0.2, 0.25) is 0 Å². The van der Waals surface area contributed by atoms with E-state index in [1.165, 1.54) is 93.8 Å². The van der Waals surface area contributed by atoms with E-state index in [0.717, 1.165) is 5.69 Å². The van der Waals surface area contributed by atoms with Crippen molar-refractivity contribution in [3.63, 3.8) is 0 Å². The number of nitrogens with zero attached hydrogens (tertiary/aromatic N) is 1. The van der Waals surface area contributed by atoms with E-state index in [4.69, 9.17) is 0 Å². The highest BCUT2D eigenvalue weighted by Gasteiger charge is 2.20. The highest BCUT2D eigenvalue weighted by atomic mass is 15.0. The van der Waals surface area contributed by atoms with Gasteiger partial charge in [0.15, 0.2) is 0 Å². The van der Waals surface area contributed by atoms with Gasteiger partial charge in [-0.3, -0.25) is 0 Å². The van der Waals surface area contributed by atoms with Crippen LogP contribution in [0, 0.1) is 0 Å². The maximum Gasteiger partial charge on any atom is 0.0547 e. The van der Waals surface area contributed by atoms with Gasteiger partial charge in [0.1, 0.15) is 0 Å². The summed E-state index contributed by atoms with van der Waals surface area (Å²) in [5, 5.41) is 5.10. The minimum atomic E-state index is 0.0621. The molecule has 1 nitrogen and oxygen atoms in total. The first-order valence-electron chi connectivity index (χ1n) is 20.8. The second-order valence-electron chi connectivity index (χ2n) is 15.7. The standard InChI is InChI=1S/C59H41N/c1-4-14-41(15-5-1)43-26-30-48(31-27-43)57(49-32-28-44(29-33-49)42-16-6-2-7-17-42)51-22-12-21-50(40-51)45-34-37-52(38-35-45)60-55-25-11-10-23-54(55)59-56(60)39-36-47-20-13-24-53(58(47)59)46-18-8-3-9-19-46/h1-40,57H. The molecule has 10 aromatic carbocycles. The lowest BCUT2D eigenvalue weighted by molar-refractivity contribution is 0.978. The molecule has 0 fully saturated rings. The Balaban J connectivity index is 0.990. The SMILES string of the molecule is c1ccc(-c2ccc(C(c3ccc(-c4ccccc4)cc3)c3cccc(-c4ccc(-n5c6ccccc6c6c7c(-c8ccccc8)cccc7ccc65)cc4)c3)cc2)cc1. The van der Waals surface area contributed by atoms with Gasteiger partial charge in [0, 0.05) is 22.4 Å². The molecule has 1 heteroatoms. The third-order valence-corrected chi connectivity index (χ3v) is 12.1. The van der Waals surface area contributed by atoms with Gasteiger partial charge < -0.3 is 4.57 Å². The van der Waals surface area contributed by atoms with Gasteiger partial charge in [-0.05, 0) is 96.2 Å². The Morgan fingerprint density at radius 3 is 1.42 bits per heavy atom. The Kier molecular flexibility index (Phi) is 8.98. The average Bonchev–Trinajstić information content (AvgIpc) is 3.67. The van der Waals surface area contributed by atoms with Crippen LogP contribution in [0.15, 0.2) is 243 Å². The molecule has 282 valence electrons. The molecule has 0 saturated carbocycles. The summed E-state index contributed by atoms with van der Waals surface area (Å²) >= 11 is 0. The van der Waals surface area contributed by atoms with Gasteiger partial charge in [-0.25, -0.2) is 0 Å². The number of aromatic nitrogens is 1. The maximum absolute atomic E-state index is 2.43. The quantitative estimate of drug-likeness (QED) is 0.136. The monoisotopic (exact) mass is 763 g/mol. The zero-order valence-corrected chi connectivity index (χ0v) is 33.1. The number of hydrogen-bond donors (Lipinski definition) is 0. The molecule has 0 atom stereocenters. The highest BCUT2D eigenvalue weighted by Crippen LogP contribution is 2.42. The van der Waals surface area contributed by atoms with Crippen LogP contribution in [0.25, 0.3) is 82.8 Å². The molecule has 0 spiro atoms. The number of rotatable bonds is 8. The fourth-order valence-electron chi connectivity index (χ4n) is 9.25. The smallest absolute Gasteiger partial charge is 0.0547 e. The van der Waals surface area contributed by atoms with Crippen LogP contribution < -0.4 is 0 Å². The number of fused-ring (bicyclic) bond motifs is 5. The average molecular weight is 764 g/mol. The number of para-hydroxylation sites is 1. The topological polar surface area (TPSA) is 4.93 Å². The third kappa shape index (κ3) is 6.38. The van der Waals surface area contributed by atoms with Crippen molar-refractivity contribution < 1.29 is 0 Å². The van der Waals surface area contributed by atoms with E-state index in [2.05, 4.69) is 247 Å². The van der Waals surface area contributed by atoms with Crippen molar-refractivity contribution in [1.82, 2.24) is 4.57 Å². The highest BCUT2D eigenvalue weighted by molar-refractivity contribution is 6.24. The number of benzene rings is 10. The van der Waals surface area contributed by atoms with Crippen LogP contribution in [0.3, 0.4) is 0 Å². The van der Waals surface area contributed by atoms with Crippen molar-refractivity contribution in [1.29, 1.82) is 0 Å². The fraction of sp³-hybridized carbons (Fsp3) is 0.0169. The molecule has 0 aliphatic rings. The zero-order valence-electron chi connectivity index (χ0n) is 33.1.